The summed E-state index contributed by atoms with van der Waals surface area (Å²) in [5.41, 5.74) is 2.29. The number of para-hydroxylation sites is 1. The quantitative estimate of drug-likeness (QED) is 0.351. The molecule has 2 amide bonds. The van der Waals surface area contributed by atoms with Gasteiger partial charge in [0.25, 0.3) is 10.0 Å². The predicted molar refractivity (Wildman–Crippen MR) is 151 cm³/mol. The van der Waals surface area contributed by atoms with E-state index in [0.717, 1.165) is 17.5 Å². The van der Waals surface area contributed by atoms with Gasteiger partial charge in [-0.15, -0.1) is 0 Å². The molecule has 202 valence electrons. The Balaban J connectivity index is 1.99. The zero-order chi connectivity index (χ0) is 27.5. The number of benzene rings is 3. The molecule has 8 heteroatoms. The Morgan fingerprint density at radius 3 is 2.11 bits per heavy atom. The molecule has 1 atom stereocenters. The highest BCUT2D eigenvalue weighted by atomic mass is 32.2. The number of carbonyl (C=O) groups excluding carboxylic acids is 2. The maximum Gasteiger partial charge on any atom is 0.264 e. The molecule has 0 spiro atoms. The molecule has 0 bridgehead atoms. The summed E-state index contributed by atoms with van der Waals surface area (Å²) >= 11 is 0. The maximum absolute atomic E-state index is 13.9. The SMILES string of the molecule is CCCNC(=O)C(C)N(CCc1ccccc1)C(=O)CN(c1ccccc1CC)S(=O)(=O)c1ccccc1. The molecule has 0 aromatic heterocycles. The lowest BCUT2D eigenvalue weighted by atomic mass is 10.1. The second-order valence-electron chi connectivity index (χ2n) is 9.10. The fourth-order valence-electron chi connectivity index (χ4n) is 4.25. The molecular weight excluding hydrogens is 498 g/mol. The lowest BCUT2D eigenvalue weighted by molar-refractivity contribution is -0.138. The standard InChI is InChI=1S/C30H37N3O4S/c1-4-21-31-30(35)24(3)32(22-20-25-14-8-6-9-15-25)29(34)23-33(28-19-13-12-16-26(28)5-2)38(36,37)27-17-10-7-11-18-27/h6-19,24H,4-5,20-23H2,1-3H3,(H,31,35). The summed E-state index contributed by atoms with van der Waals surface area (Å²) in [7, 11) is -4.06. The minimum absolute atomic E-state index is 0.100. The van der Waals surface area contributed by atoms with Gasteiger partial charge in [-0.1, -0.05) is 80.6 Å². The fraction of sp³-hybridized carbons (Fsp3) is 0.333. The van der Waals surface area contributed by atoms with Gasteiger partial charge in [-0.3, -0.25) is 13.9 Å². The van der Waals surface area contributed by atoms with E-state index >= 15 is 0 Å². The number of rotatable bonds is 13. The summed E-state index contributed by atoms with van der Waals surface area (Å²) < 4.78 is 28.9. The minimum Gasteiger partial charge on any atom is -0.354 e. The van der Waals surface area contributed by atoms with Gasteiger partial charge in [0.1, 0.15) is 12.6 Å². The number of aryl methyl sites for hydroxylation is 1. The van der Waals surface area contributed by atoms with Crippen LogP contribution in [0.1, 0.15) is 38.3 Å². The molecule has 0 saturated heterocycles. The Morgan fingerprint density at radius 1 is 0.868 bits per heavy atom. The van der Waals surface area contributed by atoms with Crippen molar-refractivity contribution >= 4 is 27.5 Å². The van der Waals surface area contributed by atoms with Gasteiger partial charge in [-0.2, -0.15) is 0 Å². The lowest BCUT2D eigenvalue weighted by Gasteiger charge is -2.32. The molecule has 3 aromatic carbocycles. The van der Waals surface area contributed by atoms with Crippen LogP contribution in [0.2, 0.25) is 0 Å². The molecule has 0 saturated carbocycles. The smallest absolute Gasteiger partial charge is 0.264 e. The number of sulfonamides is 1. The van der Waals surface area contributed by atoms with E-state index in [0.29, 0.717) is 25.1 Å². The van der Waals surface area contributed by atoms with Crippen LogP contribution in [0.5, 0.6) is 0 Å². The third kappa shape index (κ3) is 7.22. The van der Waals surface area contributed by atoms with Crippen LogP contribution in [0.3, 0.4) is 0 Å². The van der Waals surface area contributed by atoms with E-state index in [2.05, 4.69) is 5.32 Å². The third-order valence-electron chi connectivity index (χ3n) is 6.45. The molecule has 1 unspecified atom stereocenters. The first kappa shape index (κ1) is 28.9. The van der Waals surface area contributed by atoms with Gasteiger partial charge < -0.3 is 10.2 Å². The van der Waals surface area contributed by atoms with Crippen LogP contribution in [-0.2, 0) is 32.5 Å². The monoisotopic (exact) mass is 535 g/mol. The van der Waals surface area contributed by atoms with Crippen LogP contribution in [-0.4, -0.2) is 50.8 Å². The molecule has 1 N–H and O–H groups in total. The first-order valence-electron chi connectivity index (χ1n) is 13.1. The van der Waals surface area contributed by atoms with E-state index in [9.17, 15) is 18.0 Å². The van der Waals surface area contributed by atoms with Gasteiger partial charge in [-0.05, 0) is 55.5 Å². The van der Waals surface area contributed by atoms with E-state index in [1.54, 1.807) is 37.3 Å². The molecule has 3 rings (SSSR count). The Labute approximate surface area is 226 Å². The molecule has 0 heterocycles. The Hall–Kier alpha value is -3.65. The second-order valence-corrected chi connectivity index (χ2v) is 11.0. The molecule has 0 aliphatic rings. The third-order valence-corrected chi connectivity index (χ3v) is 8.23. The summed E-state index contributed by atoms with van der Waals surface area (Å²) in [6.07, 6.45) is 1.90. The van der Waals surface area contributed by atoms with Gasteiger partial charge in [0.05, 0.1) is 10.6 Å². The average Bonchev–Trinajstić information content (AvgIpc) is 2.95. The number of hydrogen-bond acceptors (Lipinski definition) is 4. The molecule has 0 aliphatic carbocycles. The Kier molecular flexibility index (Phi) is 10.5. The average molecular weight is 536 g/mol. The first-order chi connectivity index (χ1) is 18.3. The number of carbonyl (C=O) groups is 2. The fourth-order valence-corrected chi connectivity index (χ4v) is 5.73. The number of amides is 2. The van der Waals surface area contributed by atoms with Crippen LogP contribution in [0.4, 0.5) is 5.69 Å². The van der Waals surface area contributed by atoms with Crippen molar-refractivity contribution in [2.75, 3.05) is 23.9 Å². The van der Waals surface area contributed by atoms with Gasteiger partial charge >= 0.3 is 0 Å². The predicted octanol–water partition coefficient (Wildman–Crippen LogP) is 4.43. The van der Waals surface area contributed by atoms with Crippen molar-refractivity contribution in [2.45, 2.75) is 51.0 Å². The van der Waals surface area contributed by atoms with Crippen molar-refractivity contribution in [3.05, 3.63) is 96.1 Å². The largest absolute Gasteiger partial charge is 0.354 e. The Bertz CT molecular complexity index is 1300. The molecule has 7 nitrogen and oxygen atoms in total. The summed E-state index contributed by atoms with van der Waals surface area (Å²) in [5.74, 6) is -0.704. The molecule has 38 heavy (non-hydrogen) atoms. The first-order valence-corrected chi connectivity index (χ1v) is 14.5. The number of nitrogens with one attached hydrogen (secondary N) is 1. The van der Waals surface area contributed by atoms with Crippen molar-refractivity contribution in [3.63, 3.8) is 0 Å². The molecular formula is C30H37N3O4S. The van der Waals surface area contributed by atoms with E-state index < -0.39 is 28.5 Å². The van der Waals surface area contributed by atoms with Crippen molar-refractivity contribution in [1.29, 1.82) is 0 Å². The van der Waals surface area contributed by atoms with E-state index in [-0.39, 0.29) is 17.3 Å². The summed E-state index contributed by atoms with van der Waals surface area (Å²) in [6.45, 7) is 5.94. The molecule has 0 aliphatic heterocycles. The van der Waals surface area contributed by atoms with Crippen LogP contribution < -0.4 is 9.62 Å². The molecule has 3 aromatic rings. The summed E-state index contributed by atoms with van der Waals surface area (Å²) in [5, 5.41) is 2.86. The van der Waals surface area contributed by atoms with Gasteiger partial charge in [0.15, 0.2) is 0 Å². The van der Waals surface area contributed by atoms with Crippen molar-refractivity contribution in [2.24, 2.45) is 0 Å². The van der Waals surface area contributed by atoms with Crippen LogP contribution in [0.25, 0.3) is 0 Å². The molecule has 0 fully saturated rings. The lowest BCUT2D eigenvalue weighted by Crippen LogP contribution is -2.52. The normalized spacial score (nSPS) is 12.0. The highest BCUT2D eigenvalue weighted by molar-refractivity contribution is 7.92. The Morgan fingerprint density at radius 2 is 1.47 bits per heavy atom. The van der Waals surface area contributed by atoms with Crippen molar-refractivity contribution < 1.29 is 18.0 Å². The van der Waals surface area contributed by atoms with Crippen molar-refractivity contribution in [3.8, 4) is 0 Å². The topological polar surface area (TPSA) is 86.8 Å². The second kappa shape index (κ2) is 13.8. The van der Waals surface area contributed by atoms with Crippen molar-refractivity contribution in [1.82, 2.24) is 10.2 Å². The summed E-state index contributed by atoms with van der Waals surface area (Å²) in [6, 6.07) is 24.2. The zero-order valence-corrected chi connectivity index (χ0v) is 23.2. The van der Waals surface area contributed by atoms with Gasteiger partial charge in [0, 0.05) is 13.1 Å². The van der Waals surface area contributed by atoms with E-state index in [4.69, 9.17) is 0 Å². The van der Waals surface area contributed by atoms with E-state index in [1.165, 1.54) is 21.3 Å². The van der Waals surface area contributed by atoms with Gasteiger partial charge in [0.2, 0.25) is 11.8 Å². The highest BCUT2D eigenvalue weighted by Gasteiger charge is 2.32. The zero-order valence-electron chi connectivity index (χ0n) is 22.3. The molecule has 0 radical (unpaired) electrons. The van der Waals surface area contributed by atoms with Crippen LogP contribution in [0, 0.1) is 0 Å². The maximum atomic E-state index is 13.9. The number of nitrogens with zero attached hydrogens (tertiary/aromatic N) is 2. The minimum atomic E-state index is -4.06. The van der Waals surface area contributed by atoms with Crippen LogP contribution in [0.15, 0.2) is 89.8 Å². The van der Waals surface area contributed by atoms with E-state index in [1.807, 2.05) is 56.3 Å². The van der Waals surface area contributed by atoms with Crippen LogP contribution >= 0.6 is 0 Å². The number of anilines is 1. The summed E-state index contributed by atoms with van der Waals surface area (Å²) in [4.78, 5) is 28.4. The van der Waals surface area contributed by atoms with Gasteiger partial charge in [-0.25, -0.2) is 8.42 Å². The highest BCUT2D eigenvalue weighted by Crippen LogP contribution is 2.28. The number of hydrogen-bond donors (Lipinski definition) is 1.